The van der Waals surface area contributed by atoms with Crippen LogP contribution in [0.3, 0.4) is 0 Å². The molecule has 7 nitrogen and oxygen atoms in total. The van der Waals surface area contributed by atoms with E-state index in [1.54, 1.807) is 18.9 Å². The molecule has 4 rings (SSSR count). The van der Waals surface area contributed by atoms with Gasteiger partial charge in [-0.05, 0) is 37.5 Å². The molecule has 1 fully saturated rings. The maximum atomic E-state index is 12.7. The van der Waals surface area contributed by atoms with Crippen LogP contribution in [0.2, 0.25) is 0 Å². The normalized spacial score (nSPS) is 18.7. The maximum Gasteiger partial charge on any atom is 0.233 e. The van der Waals surface area contributed by atoms with Gasteiger partial charge in [-0.1, -0.05) is 12.1 Å². The number of hydrogen-bond donors (Lipinski definition) is 0. The Morgan fingerprint density at radius 1 is 1.24 bits per heavy atom. The van der Waals surface area contributed by atoms with Crippen molar-refractivity contribution in [2.75, 3.05) is 25.1 Å². The van der Waals surface area contributed by atoms with Crippen LogP contribution in [0.5, 0.6) is 5.75 Å². The van der Waals surface area contributed by atoms with Crippen molar-refractivity contribution in [3.05, 3.63) is 46.9 Å². The molecular formula is C22H26N4O3. The highest BCUT2D eigenvalue weighted by molar-refractivity contribution is 6.00. The van der Waals surface area contributed by atoms with E-state index in [0.29, 0.717) is 25.3 Å². The predicted molar refractivity (Wildman–Crippen MR) is 109 cm³/mol. The van der Waals surface area contributed by atoms with Crippen molar-refractivity contribution in [3.8, 4) is 5.75 Å². The SMILES string of the molecule is COc1ccc(CN2C(=O)Cc3c(C)nc([C@@H]4CCCN(C(C)=O)C4)nc32)cc1. The summed E-state index contributed by atoms with van der Waals surface area (Å²) in [5.41, 5.74) is 2.78. The molecule has 7 heteroatoms. The highest BCUT2D eigenvalue weighted by Crippen LogP contribution is 2.33. The quantitative estimate of drug-likeness (QED) is 0.797. The van der Waals surface area contributed by atoms with Crippen LogP contribution in [0.15, 0.2) is 24.3 Å². The van der Waals surface area contributed by atoms with Crippen LogP contribution >= 0.6 is 0 Å². The summed E-state index contributed by atoms with van der Waals surface area (Å²) in [6.07, 6.45) is 2.23. The number of benzene rings is 1. The fraction of sp³-hybridized carbons (Fsp3) is 0.455. The number of piperidine rings is 1. The summed E-state index contributed by atoms with van der Waals surface area (Å²) in [7, 11) is 1.63. The Kier molecular flexibility index (Phi) is 5.22. The molecule has 152 valence electrons. The monoisotopic (exact) mass is 394 g/mol. The van der Waals surface area contributed by atoms with Crippen molar-refractivity contribution in [2.45, 2.75) is 45.6 Å². The highest BCUT2D eigenvalue weighted by Gasteiger charge is 2.33. The number of rotatable bonds is 4. The van der Waals surface area contributed by atoms with E-state index in [9.17, 15) is 9.59 Å². The summed E-state index contributed by atoms with van der Waals surface area (Å²) < 4.78 is 5.21. The van der Waals surface area contributed by atoms with Gasteiger partial charge in [0.25, 0.3) is 0 Å². The van der Waals surface area contributed by atoms with E-state index >= 15 is 0 Å². The first-order valence-corrected chi connectivity index (χ1v) is 10.0. The second-order valence-electron chi connectivity index (χ2n) is 7.78. The van der Waals surface area contributed by atoms with Crippen LogP contribution in [-0.2, 0) is 22.6 Å². The lowest BCUT2D eigenvalue weighted by Gasteiger charge is -2.31. The molecule has 1 aromatic carbocycles. The smallest absolute Gasteiger partial charge is 0.233 e. The van der Waals surface area contributed by atoms with Crippen LogP contribution in [0, 0.1) is 6.92 Å². The number of fused-ring (bicyclic) bond motifs is 1. The first kappa shape index (κ1) is 19.4. The second-order valence-corrected chi connectivity index (χ2v) is 7.78. The molecule has 0 bridgehead atoms. The number of likely N-dealkylation sites (tertiary alicyclic amines) is 1. The first-order chi connectivity index (χ1) is 14.0. The molecule has 2 aliphatic rings. The van der Waals surface area contributed by atoms with Gasteiger partial charge in [0.2, 0.25) is 11.8 Å². The van der Waals surface area contributed by atoms with Gasteiger partial charge in [0.05, 0.1) is 20.1 Å². The topological polar surface area (TPSA) is 75.6 Å². The number of ether oxygens (including phenoxy) is 1. The number of carbonyl (C=O) groups excluding carboxylic acids is 2. The Morgan fingerprint density at radius 2 is 2.00 bits per heavy atom. The average Bonchev–Trinajstić information content (AvgIpc) is 3.04. The van der Waals surface area contributed by atoms with E-state index in [1.807, 2.05) is 36.1 Å². The zero-order chi connectivity index (χ0) is 20.5. The molecule has 0 N–H and O–H groups in total. The molecule has 1 saturated heterocycles. The highest BCUT2D eigenvalue weighted by atomic mass is 16.5. The number of anilines is 1. The number of aryl methyl sites for hydroxylation is 1. The Bertz CT molecular complexity index is 942. The van der Waals surface area contributed by atoms with Gasteiger partial charge in [-0.15, -0.1) is 0 Å². The molecule has 1 atom stereocenters. The van der Waals surface area contributed by atoms with Gasteiger partial charge in [-0.3, -0.25) is 14.5 Å². The lowest BCUT2D eigenvalue weighted by molar-refractivity contribution is -0.130. The van der Waals surface area contributed by atoms with E-state index in [0.717, 1.165) is 47.8 Å². The van der Waals surface area contributed by atoms with E-state index in [2.05, 4.69) is 0 Å². The summed E-state index contributed by atoms with van der Waals surface area (Å²) in [6.45, 7) is 5.44. The minimum Gasteiger partial charge on any atom is -0.497 e. The summed E-state index contributed by atoms with van der Waals surface area (Å²) >= 11 is 0. The van der Waals surface area contributed by atoms with Crippen LogP contribution in [0.25, 0.3) is 0 Å². The molecule has 0 radical (unpaired) electrons. The zero-order valence-electron chi connectivity index (χ0n) is 17.1. The van der Waals surface area contributed by atoms with Crippen LogP contribution in [0.4, 0.5) is 5.82 Å². The Labute approximate surface area is 170 Å². The molecule has 2 aliphatic heterocycles. The first-order valence-electron chi connectivity index (χ1n) is 10.0. The zero-order valence-corrected chi connectivity index (χ0v) is 17.1. The third-order valence-electron chi connectivity index (χ3n) is 5.83. The van der Waals surface area contributed by atoms with E-state index in [4.69, 9.17) is 14.7 Å². The number of methoxy groups -OCH3 is 1. The van der Waals surface area contributed by atoms with Gasteiger partial charge in [-0.25, -0.2) is 9.97 Å². The number of hydrogen-bond acceptors (Lipinski definition) is 5. The Balaban J connectivity index is 1.62. The molecule has 0 unspecified atom stereocenters. The molecule has 2 amide bonds. The minimum atomic E-state index is 0.0411. The van der Waals surface area contributed by atoms with Crippen molar-refractivity contribution in [1.29, 1.82) is 0 Å². The summed E-state index contributed by atoms with van der Waals surface area (Å²) in [6, 6.07) is 7.72. The van der Waals surface area contributed by atoms with Crippen molar-refractivity contribution < 1.29 is 14.3 Å². The molecule has 0 aliphatic carbocycles. The lowest BCUT2D eigenvalue weighted by Crippen LogP contribution is -2.38. The summed E-state index contributed by atoms with van der Waals surface area (Å²) in [5.74, 6) is 2.48. The fourth-order valence-electron chi connectivity index (χ4n) is 4.13. The molecule has 1 aromatic heterocycles. The second kappa shape index (κ2) is 7.81. The number of nitrogens with zero attached hydrogens (tertiary/aromatic N) is 4. The third kappa shape index (κ3) is 3.81. The molecular weight excluding hydrogens is 368 g/mol. The minimum absolute atomic E-state index is 0.0411. The van der Waals surface area contributed by atoms with Gasteiger partial charge in [0.15, 0.2) is 0 Å². The number of carbonyl (C=O) groups is 2. The van der Waals surface area contributed by atoms with E-state index in [1.165, 1.54) is 0 Å². The van der Waals surface area contributed by atoms with Gasteiger partial charge in [0, 0.05) is 37.2 Å². The summed E-state index contributed by atoms with van der Waals surface area (Å²) in [4.78, 5) is 37.7. The van der Waals surface area contributed by atoms with E-state index < -0.39 is 0 Å². The lowest BCUT2D eigenvalue weighted by atomic mass is 9.96. The maximum absolute atomic E-state index is 12.7. The Hall–Kier alpha value is -2.96. The van der Waals surface area contributed by atoms with Crippen molar-refractivity contribution in [2.24, 2.45) is 0 Å². The van der Waals surface area contributed by atoms with Crippen molar-refractivity contribution >= 4 is 17.6 Å². The molecule has 0 spiro atoms. The number of aromatic nitrogens is 2. The average molecular weight is 394 g/mol. The van der Waals surface area contributed by atoms with Gasteiger partial charge in [-0.2, -0.15) is 0 Å². The van der Waals surface area contributed by atoms with Gasteiger partial charge in [0.1, 0.15) is 17.4 Å². The van der Waals surface area contributed by atoms with E-state index in [-0.39, 0.29) is 17.7 Å². The third-order valence-corrected chi connectivity index (χ3v) is 5.83. The largest absolute Gasteiger partial charge is 0.497 e. The molecule has 0 saturated carbocycles. The molecule has 29 heavy (non-hydrogen) atoms. The van der Waals surface area contributed by atoms with Gasteiger partial charge >= 0.3 is 0 Å². The van der Waals surface area contributed by atoms with Crippen molar-refractivity contribution in [1.82, 2.24) is 14.9 Å². The van der Waals surface area contributed by atoms with Crippen LogP contribution < -0.4 is 9.64 Å². The predicted octanol–water partition coefficient (Wildman–Crippen LogP) is 2.61. The number of amides is 2. The standard InChI is InChI=1S/C22H26N4O3/c1-14-19-11-20(28)26(12-16-6-8-18(29-3)9-7-16)22(19)24-21(23-14)17-5-4-10-25(13-17)15(2)27/h6-9,17H,4-5,10-13H2,1-3H3/t17-/m1/s1. The fourth-order valence-corrected chi connectivity index (χ4v) is 4.13. The van der Waals surface area contributed by atoms with Crippen LogP contribution in [0.1, 0.15) is 48.3 Å². The molecule has 3 heterocycles. The van der Waals surface area contributed by atoms with Crippen LogP contribution in [-0.4, -0.2) is 46.9 Å². The summed E-state index contributed by atoms with van der Waals surface area (Å²) in [5, 5.41) is 0. The Morgan fingerprint density at radius 3 is 2.69 bits per heavy atom. The molecule has 2 aromatic rings. The van der Waals surface area contributed by atoms with Crippen molar-refractivity contribution in [3.63, 3.8) is 0 Å². The van der Waals surface area contributed by atoms with Gasteiger partial charge < -0.3 is 9.64 Å².